The molecule has 6 heteroatoms. The SMILES string of the molecule is Cc1c(CNCc2cccc(Br)c2)c(C(=O)O)c(C)n1Cc1ccccc1F. The average molecular weight is 445 g/mol. The van der Waals surface area contributed by atoms with Crippen molar-refractivity contribution in [1.29, 1.82) is 0 Å². The summed E-state index contributed by atoms with van der Waals surface area (Å²) in [6, 6.07) is 14.5. The summed E-state index contributed by atoms with van der Waals surface area (Å²) in [5.74, 6) is -1.26. The second kappa shape index (κ2) is 8.71. The molecule has 2 N–H and O–H groups in total. The summed E-state index contributed by atoms with van der Waals surface area (Å²) in [5, 5.41) is 13.1. The maximum absolute atomic E-state index is 14.1. The first kappa shape index (κ1) is 20.3. The normalized spacial score (nSPS) is 11.0. The fourth-order valence-corrected chi connectivity index (χ4v) is 3.91. The van der Waals surface area contributed by atoms with Crippen LogP contribution in [0.25, 0.3) is 0 Å². The van der Waals surface area contributed by atoms with Gasteiger partial charge in [-0.05, 0) is 37.6 Å². The van der Waals surface area contributed by atoms with Crippen LogP contribution in [0.1, 0.15) is 38.4 Å². The van der Waals surface area contributed by atoms with Crippen LogP contribution in [0.5, 0.6) is 0 Å². The highest BCUT2D eigenvalue weighted by Crippen LogP contribution is 2.24. The zero-order chi connectivity index (χ0) is 20.3. The zero-order valence-electron chi connectivity index (χ0n) is 15.8. The van der Waals surface area contributed by atoms with Crippen molar-refractivity contribution in [3.05, 3.63) is 92.5 Å². The number of rotatable bonds is 7. The zero-order valence-corrected chi connectivity index (χ0v) is 17.4. The standard InChI is InChI=1S/C22H22BrFN2O2/c1-14-19(12-25-11-16-6-5-8-18(23)10-16)21(22(27)28)15(2)26(14)13-17-7-3-4-9-20(17)24/h3-10,25H,11-13H2,1-2H3,(H,27,28). The number of benzene rings is 2. The van der Waals surface area contributed by atoms with E-state index >= 15 is 0 Å². The molecule has 4 nitrogen and oxygen atoms in total. The van der Waals surface area contributed by atoms with E-state index in [-0.39, 0.29) is 11.4 Å². The van der Waals surface area contributed by atoms with Gasteiger partial charge in [0.15, 0.2) is 0 Å². The lowest BCUT2D eigenvalue weighted by Gasteiger charge is -2.11. The van der Waals surface area contributed by atoms with E-state index < -0.39 is 5.97 Å². The van der Waals surface area contributed by atoms with E-state index in [0.29, 0.717) is 30.9 Å². The molecule has 0 aliphatic carbocycles. The largest absolute Gasteiger partial charge is 0.478 e. The van der Waals surface area contributed by atoms with Gasteiger partial charge >= 0.3 is 5.97 Å². The van der Waals surface area contributed by atoms with Crippen LogP contribution in [0.3, 0.4) is 0 Å². The van der Waals surface area contributed by atoms with Gasteiger partial charge in [0.25, 0.3) is 0 Å². The molecule has 0 saturated heterocycles. The Balaban J connectivity index is 1.86. The lowest BCUT2D eigenvalue weighted by molar-refractivity contribution is 0.0694. The minimum absolute atomic E-state index is 0.288. The first-order chi connectivity index (χ1) is 13.4. The van der Waals surface area contributed by atoms with Gasteiger partial charge in [-0.2, -0.15) is 0 Å². The van der Waals surface area contributed by atoms with Gasteiger partial charge in [0.2, 0.25) is 0 Å². The van der Waals surface area contributed by atoms with Gasteiger partial charge in [0.05, 0.1) is 12.1 Å². The number of carbonyl (C=O) groups is 1. The number of hydrogen-bond donors (Lipinski definition) is 2. The maximum Gasteiger partial charge on any atom is 0.337 e. The molecule has 0 aliphatic heterocycles. The lowest BCUT2D eigenvalue weighted by Crippen LogP contribution is -2.15. The van der Waals surface area contributed by atoms with E-state index in [1.165, 1.54) is 6.07 Å². The van der Waals surface area contributed by atoms with E-state index in [0.717, 1.165) is 21.3 Å². The predicted molar refractivity (Wildman–Crippen MR) is 111 cm³/mol. The number of nitrogens with one attached hydrogen (secondary N) is 1. The average Bonchev–Trinajstić information content (AvgIpc) is 2.88. The van der Waals surface area contributed by atoms with Crippen LogP contribution in [-0.4, -0.2) is 15.6 Å². The van der Waals surface area contributed by atoms with Crippen LogP contribution in [0.15, 0.2) is 53.0 Å². The molecule has 0 amide bonds. The number of carboxylic acids is 1. The molecule has 0 saturated carbocycles. The summed E-state index contributed by atoms with van der Waals surface area (Å²) >= 11 is 3.45. The number of nitrogens with zero attached hydrogens (tertiary/aromatic N) is 1. The Morgan fingerprint density at radius 2 is 1.86 bits per heavy atom. The minimum atomic E-state index is -0.966. The van der Waals surface area contributed by atoms with Gasteiger partial charge in [-0.25, -0.2) is 9.18 Å². The van der Waals surface area contributed by atoms with E-state index in [4.69, 9.17) is 0 Å². The van der Waals surface area contributed by atoms with E-state index in [9.17, 15) is 14.3 Å². The third-order valence-electron chi connectivity index (χ3n) is 4.93. The predicted octanol–water partition coefficient (Wildman–Crippen LogP) is 5.04. The van der Waals surface area contributed by atoms with Gasteiger partial charge in [-0.3, -0.25) is 0 Å². The van der Waals surface area contributed by atoms with Crippen molar-refractivity contribution in [1.82, 2.24) is 9.88 Å². The van der Waals surface area contributed by atoms with Gasteiger partial charge in [-0.15, -0.1) is 0 Å². The monoisotopic (exact) mass is 444 g/mol. The Labute approximate surface area is 172 Å². The second-order valence-corrected chi connectivity index (χ2v) is 7.66. The Hall–Kier alpha value is -2.44. The number of carboxylic acid groups (broad SMARTS) is 1. The molecule has 1 heterocycles. The number of halogens is 2. The van der Waals surface area contributed by atoms with Crippen LogP contribution in [0.2, 0.25) is 0 Å². The van der Waals surface area contributed by atoms with E-state index in [1.807, 2.05) is 35.8 Å². The molecule has 0 spiro atoms. The lowest BCUT2D eigenvalue weighted by atomic mass is 10.1. The third kappa shape index (κ3) is 4.34. The molecule has 0 radical (unpaired) electrons. The number of aromatic carboxylic acids is 1. The quantitative estimate of drug-likeness (QED) is 0.536. The highest BCUT2D eigenvalue weighted by atomic mass is 79.9. The molecule has 0 aliphatic rings. The molecule has 2 aromatic carbocycles. The highest BCUT2D eigenvalue weighted by Gasteiger charge is 2.22. The molecule has 3 rings (SSSR count). The van der Waals surface area contributed by atoms with Crippen molar-refractivity contribution in [2.75, 3.05) is 0 Å². The Bertz CT molecular complexity index is 1010. The van der Waals surface area contributed by atoms with Crippen LogP contribution < -0.4 is 5.32 Å². The molecule has 0 fully saturated rings. The smallest absolute Gasteiger partial charge is 0.337 e. The van der Waals surface area contributed by atoms with Crippen LogP contribution in [0, 0.1) is 19.7 Å². The second-order valence-electron chi connectivity index (χ2n) is 6.74. The summed E-state index contributed by atoms with van der Waals surface area (Å²) in [6.07, 6.45) is 0. The molecule has 1 aromatic heterocycles. The molecular weight excluding hydrogens is 423 g/mol. The molecule has 0 unspecified atom stereocenters. The maximum atomic E-state index is 14.1. The van der Waals surface area contributed by atoms with Crippen molar-refractivity contribution in [3.8, 4) is 0 Å². The fraction of sp³-hybridized carbons (Fsp3) is 0.227. The third-order valence-corrected chi connectivity index (χ3v) is 5.42. The number of hydrogen-bond acceptors (Lipinski definition) is 2. The molecule has 28 heavy (non-hydrogen) atoms. The Morgan fingerprint density at radius 1 is 1.11 bits per heavy atom. The van der Waals surface area contributed by atoms with E-state index in [2.05, 4.69) is 21.2 Å². The van der Waals surface area contributed by atoms with Crippen LogP contribution in [0.4, 0.5) is 4.39 Å². The van der Waals surface area contributed by atoms with Crippen LogP contribution in [-0.2, 0) is 19.6 Å². The van der Waals surface area contributed by atoms with Crippen molar-refractivity contribution in [2.45, 2.75) is 33.5 Å². The summed E-state index contributed by atoms with van der Waals surface area (Å²) in [5.41, 5.74) is 4.13. The summed E-state index contributed by atoms with van der Waals surface area (Å²) in [7, 11) is 0. The highest BCUT2D eigenvalue weighted by molar-refractivity contribution is 9.10. The molecule has 0 bridgehead atoms. The van der Waals surface area contributed by atoms with Gasteiger partial charge in [0, 0.05) is 40.1 Å². The van der Waals surface area contributed by atoms with Crippen molar-refractivity contribution in [2.24, 2.45) is 0 Å². The van der Waals surface area contributed by atoms with Crippen LogP contribution >= 0.6 is 15.9 Å². The molecule has 3 aromatic rings. The fourth-order valence-electron chi connectivity index (χ4n) is 3.46. The number of aromatic nitrogens is 1. The summed E-state index contributed by atoms with van der Waals surface area (Å²) in [4.78, 5) is 11.9. The van der Waals surface area contributed by atoms with Crippen molar-refractivity contribution in [3.63, 3.8) is 0 Å². The minimum Gasteiger partial charge on any atom is -0.478 e. The molecule has 0 atom stereocenters. The summed E-state index contributed by atoms with van der Waals surface area (Å²) in [6.45, 7) is 5.00. The first-order valence-electron chi connectivity index (χ1n) is 8.99. The summed E-state index contributed by atoms with van der Waals surface area (Å²) < 4.78 is 17.0. The first-order valence-corrected chi connectivity index (χ1v) is 9.78. The van der Waals surface area contributed by atoms with Crippen molar-refractivity contribution < 1.29 is 14.3 Å². The topological polar surface area (TPSA) is 54.3 Å². The molecule has 146 valence electrons. The Morgan fingerprint density at radius 3 is 2.54 bits per heavy atom. The van der Waals surface area contributed by atoms with Gasteiger partial charge in [-0.1, -0.05) is 46.3 Å². The van der Waals surface area contributed by atoms with Gasteiger partial charge in [0.1, 0.15) is 5.82 Å². The van der Waals surface area contributed by atoms with Gasteiger partial charge < -0.3 is 15.0 Å². The Kier molecular flexibility index (Phi) is 6.31. The molecular formula is C22H22BrFN2O2. The van der Waals surface area contributed by atoms with E-state index in [1.54, 1.807) is 25.1 Å². The van der Waals surface area contributed by atoms with Crippen molar-refractivity contribution >= 4 is 21.9 Å².